The van der Waals surface area contributed by atoms with E-state index in [-0.39, 0.29) is 18.5 Å². The van der Waals surface area contributed by atoms with Gasteiger partial charge >= 0.3 is 5.97 Å². The highest BCUT2D eigenvalue weighted by atomic mass is 16.7. The highest BCUT2D eigenvalue weighted by Crippen LogP contribution is 2.24. The van der Waals surface area contributed by atoms with Crippen LogP contribution in [-0.2, 0) is 23.8 Å². The maximum absolute atomic E-state index is 13.1. The van der Waals surface area contributed by atoms with E-state index in [1.165, 1.54) is 302 Å². The summed E-state index contributed by atoms with van der Waals surface area (Å²) in [5.74, 6) is -0.174. The summed E-state index contributed by atoms with van der Waals surface area (Å²) in [6.45, 7) is 4.36. The fourth-order valence-corrected chi connectivity index (χ4v) is 12.6. The minimum atomic E-state index is -1.58. The Labute approximate surface area is 567 Å². The van der Waals surface area contributed by atoms with Gasteiger partial charge in [0.15, 0.2) is 6.29 Å². The fourth-order valence-electron chi connectivity index (χ4n) is 12.6. The van der Waals surface area contributed by atoms with Crippen molar-refractivity contribution < 1.29 is 49.3 Å². The summed E-state index contributed by atoms with van der Waals surface area (Å²) in [4.78, 5) is 25.1. The van der Waals surface area contributed by atoms with E-state index in [1.807, 2.05) is 6.08 Å². The summed E-state index contributed by atoms with van der Waals surface area (Å²) >= 11 is 0. The van der Waals surface area contributed by atoms with Crippen LogP contribution in [0.1, 0.15) is 393 Å². The average Bonchev–Trinajstić information content (AvgIpc) is 0.989. The lowest BCUT2D eigenvalue weighted by molar-refractivity contribution is -0.302. The molecule has 0 radical (unpaired) electrons. The first-order valence-electron chi connectivity index (χ1n) is 39.9. The number of carbonyl (C=O) groups is 2. The van der Waals surface area contributed by atoms with Crippen LogP contribution >= 0.6 is 0 Å². The highest BCUT2D eigenvalue weighted by molar-refractivity contribution is 5.76. The molecule has 0 aromatic heterocycles. The molecule has 11 heteroatoms. The summed E-state index contributed by atoms with van der Waals surface area (Å²) in [6.07, 6.45) is 82.8. The SMILES string of the molecule is CCCCCCC/C=C/CC/C=C/CC/C=C/C(O)C(COC1OC(CO)C(O)C(O)C1O)NC(=O)CCCCCCCCCCCCCCCCCCC/C=C\CCCCCCCCCCCCCCCCCCOC(=O)CCCCCCCCCCCCCC. The number of rotatable bonds is 71. The lowest BCUT2D eigenvalue weighted by atomic mass is 9.99. The Morgan fingerprint density at radius 1 is 0.391 bits per heavy atom. The lowest BCUT2D eigenvalue weighted by Crippen LogP contribution is -2.60. The van der Waals surface area contributed by atoms with Crippen LogP contribution in [0.3, 0.4) is 0 Å². The van der Waals surface area contributed by atoms with Crippen molar-refractivity contribution in [1.82, 2.24) is 5.32 Å². The highest BCUT2D eigenvalue weighted by Gasteiger charge is 2.44. The molecule has 6 N–H and O–H groups in total. The van der Waals surface area contributed by atoms with Gasteiger partial charge in [0.05, 0.1) is 32.0 Å². The Kier molecular flexibility index (Phi) is 66.6. The number of esters is 1. The van der Waals surface area contributed by atoms with Crippen molar-refractivity contribution in [2.75, 3.05) is 19.8 Å². The molecule has 1 fully saturated rings. The van der Waals surface area contributed by atoms with E-state index in [0.29, 0.717) is 19.4 Å². The van der Waals surface area contributed by atoms with Crippen LogP contribution in [0, 0.1) is 0 Å². The van der Waals surface area contributed by atoms with Gasteiger partial charge < -0.3 is 45.1 Å². The number of unbranched alkanes of at least 4 members (excludes halogenated alkanes) is 51. The van der Waals surface area contributed by atoms with Gasteiger partial charge in [0, 0.05) is 12.8 Å². The quantitative estimate of drug-likeness (QED) is 0.0195. The Bertz CT molecular complexity index is 1670. The van der Waals surface area contributed by atoms with Gasteiger partial charge in [-0.2, -0.15) is 0 Å². The topological polar surface area (TPSA) is 175 Å². The van der Waals surface area contributed by atoms with Crippen LogP contribution in [0.2, 0.25) is 0 Å². The van der Waals surface area contributed by atoms with Crippen LogP contribution in [0.4, 0.5) is 0 Å². The maximum atomic E-state index is 13.1. The predicted molar refractivity (Wildman–Crippen MR) is 389 cm³/mol. The maximum Gasteiger partial charge on any atom is 0.305 e. The molecule has 92 heavy (non-hydrogen) atoms. The lowest BCUT2D eigenvalue weighted by Gasteiger charge is -2.40. The van der Waals surface area contributed by atoms with Gasteiger partial charge in [-0.1, -0.05) is 345 Å². The third-order valence-electron chi connectivity index (χ3n) is 18.9. The second kappa shape index (κ2) is 70.0. The minimum Gasteiger partial charge on any atom is -0.466 e. The number of allylic oxidation sites excluding steroid dienone is 7. The molecule has 0 spiro atoms. The Balaban J connectivity index is 1.93. The first-order valence-corrected chi connectivity index (χ1v) is 39.9. The van der Waals surface area contributed by atoms with Crippen LogP contribution in [0.5, 0.6) is 0 Å². The van der Waals surface area contributed by atoms with Gasteiger partial charge in [-0.25, -0.2) is 0 Å². The third-order valence-corrected chi connectivity index (χ3v) is 18.9. The number of carbonyl (C=O) groups excluding carboxylic acids is 2. The van der Waals surface area contributed by atoms with E-state index in [1.54, 1.807) is 6.08 Å². The first kappa shape index (κ1) is 87.6. The molecule has 1 heterocycles. The molecule has 1 amide bonds. The van der Waals surface area contributed by atoms with Crippen LogP contribution < -0.4 is 5.32 Å². The number of amides is 1. The molecule has 0 aromatic rings. The number of aliphatic hydroxyl groups is 5. The molecule has 0 aromatic carbocycles. The Hall–Kier alpha value is -2.38. The molecule has 1 aliphatic heterocycles. The Morgan fingerprint density at radius 3 is 1.08 bits per heavy atom. The number of hydrogen-bond acceptors (Lipinski definition) is 10. The smallest absolute Gasteiger partial charge is 0.305 e. The van der Waals surface area contributed by atoms with Gasteiger partial charge in [-0.3, -0.25) is 9.59 Å². The van der Waals surface area contributed by atoms with Gasteiger partial charge in [-0.05, 0) is 83.5 Å². The number of ether oxygens (including phenoxy) is 3. The zero-order valence-electron chi connectivity index (χ0n) is 60.3. The molecular weight excluding hydrogens is 1150 g/mol. The normalized spacial score (nSPS) is 17.8. The molecule has 11 nitrogen and oxygen atoms in total. The molecule has 1 rings (SSSR count). The molecule has 0 saturated carbocycles. The van der Waals surface area contributed by atoms with Crippen LogP contribution in [-0.4, -0.2) is 100 Å². The van der Waals surface area contributed by atoms with E-state index < -0.39 is 49.5 Å². The predicted octanol–water partition coefficient (Wildman–Crippen LogP) is 21.5. The largest absolute Gasteiger partial charge is 0.466 e. The summed E-state index contributed by atoms with van der Waals surface area (Å²) < 4.78 is 16.8. The van der Waals surface area contributed by atoms with E-state index >= 15 is 0 Å². The fraction of sp³-hybridized carbons (Fsp3) is 0.877. The van der Waals surface area contributed by atoms with Crippen molar-refractivity contribution in [2.24, 2.45) is 0 Å². The van der Waals surface area contributed by atoms with Crippen molar-refractivity contribution in [3.05, 3.63) is 48.6 Å². The van der Waals surface area contributed by atoms with Crippen molar-refractivity contribution in [1.29, 1.82) is 0 Å². The van der Waals surface area contributed by atoms with E-state index in [0.717, 1.165) is 64.2 Å². The second-order valence-electron chi connectivity index (χ2n) is 27.7. The minimum absolute atomic E-state index is 0.0161. The van der Waals surface area contributed by atoms with Gasteiger partial charge in [0.2, 0.25) is 5.91 Å². The van der Waals surface area contributed by atoms with Gasteiger partial charge in [-0.15, -0.1) is 0 Å². The summed E-state index contributed by atoms with van der Waals surface area (Å²) in [5, 5.41) is 54.6. The zero-order valence-corrected chi connectivity index (χ0v) is 60.3. The van der Waals surface area contributed by atoms with Crippen LogP contribution in [0.15, 0.2) is 48.6 Å². The third kappa shape index (κ3) is 57.8. The number of nitrogens with one attached hydrogen (secondary N) is 1. The number of aliphatic hydroxyl groups excluding tert-OH is 5. The molecule has 1 saturated heterocycles. The van der Waals surface area contributed by atoms with Gasteiger partial charge in [0.1, 0.15) is 24.4 Å². The monoisotopic (exact) mass is 1300 g/mol. The molecule has 7 unspecified atom stereocenters. The van der Waals surface area contributed by atoms with Crippen molar-refractivity contribution in [2.45, 2.75) is 436 Å². The average molecular weight is 1300 g/mol. The molecular formula is C81H151NO10. The summed E-state index contributed by atoms with van der Waals surface area (Å²) in [5.41, 5.74) is 0. The molecule has 7 atom stereocenters. The molecule has 0 aliphatic carbocycles. The van der Waals surface area contributed by atoms with Crippen molar-refractivity contribution >= 4 is 11.9 Å². The van der Waals surface area contributed by atoms with E-state index in [4.69, 9.17) is 14.2 Å². The summed E-state index contributed by atoms with van der Waals surface area (Å²) in [6, 6.07) is -0.833. The van der Waals surface area contributed by atoms with Crippen molar-refractivity contribution in [3.63, 3.8) is 0 Å². The summed E-state index contributed by atoms with van der Waals surface area (Å²) in [7, 11) is 0. The van der Waals surface area contributed by atoms with E-state index in [2.05, 4.69) is 55.6 Å². The molecule has 540 valence electrons. The van der Waals surface area contributed by atoms with Crippen LogP contribution in [0.25, 0.3) is 0 Å². The Morgan fingerprint density at radius 2 is 0.707 bits per heavy atom. The second-order valence-corrected chi connectivity index (χ2v) is 27.7. The number of hydrogen-bond donors (Lipinski definition) is 6. The van der Waals surface area contributed by atoms with Crippen molar-refractivity contribution in [3.8, 4) is 0 Å². The van der Waals surface area contributed by atoms with Gasteiger partial charge in [0.25, 0.3) is 0 Å². The zero-order chi connectivity index (χ0) is 66.5. The molecule has 1 aliphatic rings. The molecule has 0 bridgehead atoms. The first-order chi connectivity index (χ1) is 45.2. The van der Waals surface area contributed by atoms with E-state index in [9.17, 15) is 35.1 Å². The standard InChI is InChI=1S/C81H151NO10/c1-3-5-7-9-11-13-15-17-41-44-47-51-55-59-63-67-74(84)73(72-91-81-80(89)79(88)78(87)75(71-83)92-81)82-76(85)68-64-60-56-52-48-45-42-39-37-35-33-31-29-27-25-23-21-19-18-20-22-24-26-28-30-32-34-36-38-40-43-46-50-54-58-62-66-70-90-77(86)69-65-61-57-53-49-16-14-12-10-8-6-4-2/h15,17-18,20,47,51,63,67,73-75,78-81,83-84,87-89H,3-14,16,19,21-46,48-50,52-62,64-66,68-72H2,1-2H3,(H,82,85)/b17-15+,20-18-,51-47+,67-63+.